The number of piperidine rings is 1. The van der Waals surface area contributed by atoms with Crippen LogP contribution in [0.15, 0.2) is 18.3 Å². The molecule has 1 atom stereocenters. The van der Waals surface area contributed by atoms with E-state index in [0.29, 0.717) is 37.1 Å². The van der Waals surface area contributed by atoms with Crippen molar-refractivity contribution in [1.29, 1.82) is 0 Å². The second-order valence-electron chi connectivity index (χ2n) is 8.29. The first kappa shape index (κ1) is 21.5. The van der Waals surface area contributed by atoms with Crippen LogP contribution in [0.25, 0.3) is 0 Å². The molecule has 8 heteroatoms. The van der Waals surface area contributed by atoms with Crippen LogP contribution in [-0.4, -0.2) is 59.7 Å². The minimum absolute atomic E-state index is 0.0889. The monoisotopic (exact) mass is 426 g/mol. The van der Waals surface area contributed by atoms with Gasteiger partial charge in [0.15, 0.2) is 0 Å². The highest BCUT2D eigenvalue weighted by Crippen LogP contribution is 2.32. The van der Waals surface area contributed by atoms with Gasteiger partial charge in [0.1, 0.15) is 11.4 Å². The number of aryl methyl sites for hydroxylation is 1. The first-order chi connectivity index (χ1) is 15.1. The van der Waals surface area contributed by atoms with Gasteiger partial charge in [-0.05, 0) is 44.6 Å². The largest absolute Gasteiger partial charge is 0.481 e. The van der Waals surface area contributed by atoms with E-state index in [1.54, 1.807) is 12.1 Å². The summed E-state index contributed by atoms with van der Waals surface area (Å²) in [4.78, 5) is 28.5. The Labute approximate surface area is 183 Å². The third kappa shape index (κ3) is 5.12. The number of likely N-dealkylation sites (tertiary alicyclic amines) is 1. The number of hydrogen-bond donors (Lipinski definition) is 0. The van der Waals surface area contributed by atoms with Crippen molar-refractivity contribution in [2.45, 2.75) is 45.1 Å². The number of rotatable bonds is 8. The van der Waals surface area contributed by atoms with E-state index >= 15 is 0 Å². The van der Waals surface area contributed by atoms with Crippen molar-refractivity contribution < 1.29 is 19.0 Å². The summed E-state index contributed by atoms with van der Waals surface area (Å²) >= 11 is 0. The molecule has 31 heavy (non-hydrogen) atoms. The van der Waals surface area contributed by atoms with Gasteiger partial charge in [-0.25, -0.2) is 9.97 Å². The zero-order valence-electron chi connectivity index (χ0n) is 18.5. The number of pyridine rings is 1. The van der Waals surface area contributed by atoms with E-state index < -0.39 is 0 Å². The summed E-state index contributed by atoms with van der Waals surface area (Å²) in [7, 11) is 3.04. The highest BCUT2D eigenvalue weighted by Gasteiger charge is 2.30. The van der Waals surface area contributed by atoms with Crippen molar-refractivity contribution in [2.75, 3.05) is 33.9 Å². The second-order valence-corrected chi connectivity index (χ2v) is 8.29. The number of ether oxygens (including phenoxy) is 3. The van der Waals surface area contributed by atoms with E-state index in [2.05, 4.69) is 9.97 Å². The molecule has 1 amide bonds. The number of hydrogen-bond acceptors (Lipinski definition) is 7. The zero-order valence-corrected chi connectivity index (χ0v) is 18.5. The standard InChI is InChI=1S/C23H30N4O4/c1-15-24-11-18(14-31-13-16-6-7-16)21(25-15)17-5-4-10-27(12-17)23(28)19-8-9-20(29-2)26-22(19)30-3/h8-9,11,16-17H,4-7,10,12-14H2,1-3H3. The molecule has 2 fully saturated rings. The molecule has 0 spiro atoms. The summed E-state index contributed by atoms with van der Waals surface area (Å²) in [6.07, 6.45) is 6.30. The molecule has 4 rings (SSSR count). The maximum atomic E-state index is 13.3. The van der Waals surface area contributed by atoms with Crippen LogP contribution in [-0.2, 0) is 11.3 Å². The Morgan fingerprint density at radius 3 is 2.74 bits per heavy atom. The summed E-state index contributed by atoms with van der Waals surface area (Å²) < 4.78 is 16.4. The minimum Gasteiger partial charge on any atom is -0.481 e. The molecule has 0 aromatic carbocycles. The van der Waals surface area contributed by atoms with E-state index in [-0.39, 0.29) is 17.7 Å². The summed E-state index contributed by atoms with van der Waals surface area (Å²) in [6, 6.07) is 3.39. The molecule has 3 heterocycles. The van der Waals surface area contributed by atoms with Crippen LogP contribution in [0.5, 0.6) is 11.8 Å². The summed E-state index contributed by atoms with van der Waals surface area (Å²) in [5, 5.41) is 0. The lowest BCUT2D eigenvalue weighted by Gasteiger charge is -2.33. The smallest absolute Gasteiger partial charge is 0.259 e. The molecule has 1 aliphatic heterocycles. The van der Waals surface area contributed by atoms with E-state index in [1.165, 1.54) is 27.1 Å². The third-order valence-electron chi connectivity index (χ3n) is 5.89. The van der Waals surface area contributed by atoms with Crippen molar-refractivity contribution in [3.05, 3.63) is 41.0 Å². The molecule has 166 valence electrons. The average Bonchev–Trinajstić information content (AvgIpc) is 3.63. The van der Waals surface area contributed by atoms with Crippen LogP contribution in [0.2, 0.25) is 0 Å². The zero-order chi connectivity index (χ0) is 21.8. The Morgan fingerprint density at radius 1 is 1.16 bits per heavy atom. The SMILES string of the molecule is COc1ccc(C(=O)N2CCCC(c3nc(C)ncc3COCC3CC3)C2)c(OC)n1. The lowest BCUT2D eigenvalue weighted by Crippen LogP contribution is -2.39. The van der Waals surface area contributed by atoms with E-state index in [0.717, 1.165) is 36.5 Å². The molecule has 1 unspecified atom stereocenters. The van der Waals surface area contributed by atoms with E-state index in [9.17, 15) is 4.79 Å². The molecule has 8 nitrogen and oxygen atoms in total. The van der Waals surface area contributed by atoms with Crippen molar-refractivity contribution in [1.82, 2.24) is 19.9 Å². The van der Waals surface area contributed by atoms with Crippen LogP contribution in [0.3, 0.4) is 0 Å². The molecule has 0 bridgehead atoms. The van der Waals surface area contributed by atoms with E-state index in [1.807, 2.05) is 18.0 Å². The van der Waals surface area contributed by atoms with Crippen molar-refractivity contribution in [2.24, 2.45) is 5.92 Å². The van der Waals surface area contributed by atoms with Crippen LogP contribution in [0, 0.1) is 12.8 Å². The Morgan fingerprint density at radius 2 is 2.00 bits per heavy atom. The molecule has 0 N–H and O–H groups in total. The Balaban J connectivity index is 1.50. The number of carbonyl (C=O) groups is 1. The number of methoxy groups -OCH3 is 2. The normalized spacial score (nSPS) is 18.7. The average molecular weight is 427 g/mol. The molecule has 2 aromatic heterocycles. The van der Waals surface area contributed by atoms with Gasteiger partial charge in [0.25, 0.3) is 5.91 Å². The third-order valence-corrected chi connectivity index (χ3v) is 5.89. The molecule has 1 aliphatic carbocycles. The molecule has 0 radical (unpaired) electrons. The minimum atomic E-state index is -0.0889. The predicted molar refractivity (Wildman–Crippen MR) is 114 cm³/mol. The fraction of sp³-hybridized carbons (Fsp3) is 0.565. The molecule has 2 aliphatic rings. The van der Waals surface area contributed by atoms with Gasteiger partial charge >= 0.3 is 0 Å². The Kier molecular flexibility index (Phi) is 6.65. The molecule has 2 aromatic rings. The maximum absolute atomic E-state index is 13.3. The van der Waals surface area contributed by atoms with Crippen molar-refractivity contribution in [3.63, 3.8) is 0 Å². The van der Waals surface area contributed by atoms with Crippen LogP contribution in [0.1, 0.15) is 59.0 Å². The molecular formula is C23H30N4O4. The topological polar surface area (TPSA) is 86.7 Å². The van der Waals surface area contributed by atoms with Crippen molar-refractivity contribution in [3.8, 4) is 11.8 Å². The number of amides is 1. The Bertz CT molecular complexity index is 932. The first-order valence-corrected chi connectivity index (χ1v) is 10.9. The maximum Gasteiger partial charge on any atom is 0.259 e. The lowest BCUT2D eigenvalue weighted by atomic mass is 9.91. The Hall–Kier alpha value is -2.74. The fourth-order valence-electron chi connectivity index (χ4n) is 4.01. The number of carbonyl (C=O) groups excluding carboxylic acids is 1. The summed E-state index contributed by atoms with van der Waals surface area (Å²) in [6.45, 7) is 4.51. The molecule has 1 saturated heterocycles. The molecule has 1 saturated carbocycles. The van der Waals surface area contributed by atoms with Gasteiger partial charge in [-0.1, -0.05) is 0 Å². The van der Waals surface area contributed by atoms with Crippen molar-refractivity contribution >= 4 is 5.91 Å². The van der Waals surface area contributed by atoms with Gasteiger partial charge in [-0.3, -0.25) is 4.79 Å². The summed E-state index contributed by atoms with van der Waals surface area (Å²) in [5.41, 5.74) is 2.46. The first-order valence-electron chi connectivity index (χ1n) is 10.9. The van der Waals surface area contributed by atoms with Gasteiger partial charge in [0, 0.05) is 43.4 Å². The fourth-order valence-corrected chi connectivity index (χ4v) is 4.01. The summed E-state index contributed by atoms with van der Waals surface area (Å²) in [5.74, 6) is 2.21. The van der Waals surface area contributed by atoms with E-state index in [4.69, 9.17) is 19.2 Å². The van der Waals surface area contributed by atoms with Gasteiger partial charge in [0.05, 0.1) is 26.5 Å². The van der Waals surface area contributed by atoms with Crippen LogP contribution in [0.4, 0.5) is 0 Å². The lowest BCUT2D eigenvalue weighted by molar-refractivity contribution is 0.0699. The van der Waals surface area contributed by atoms with Crippen LogP contribution < -0.4 is 9.47 Å². The van der Waals surface area contributed by atoms with Gasteiger partial charge < -0.3 is 19.1 Å². The highest BCUT2D eigenvalue weighted by molar-refractivity contribution is 5.96. The second kappa shape index (κ2) is 9.60. The van der Waals surface area contributed by atoms with Gasteiger partial charge in [-0.15, -0.1) is 0 Å². The predicted octanol–water partition coefficient (Wildman–Crippen LogP) is 3.14. The van der Waals surface area contributed by atoms with Crippen LogP contribution >= 0.6 is 0 Å². The number of nitrogens with zero attached hydrogens (tertiary/aromatic N) is 4. The van der Waals surface area contributed by atoms with Gasteiger partial charge in [0.2, 0.25) is 11.8 Å². The molecular weight excluding hydrogens is 396 g/mol. The highest BCUT2D eigenvalue weighted by atomic mass is 16.5. The number of aromatic nitrogens is 3. The quantitative estimate of drug-likeness (QED) is 0.641. The van der Waals surface area contributed by atoms with Gasteiger partial charge in [-0.2, -0.15) is 4.98 Å².